The molecule has 0 amide bonds. The first kappa shape index (κ1) is 10.1. The molecule has 0 N–H and O–H groups in total. The number of aldehydes is 1. The summed E-state index contributed by atoms with van der Waals surface area (Å²) in [6, 6.07) is 1.66. The van der Waals surface area contributed by atoms with Gasteiger partial charge in [0.05, 0.1) is 0 Å². The third-order valence-electron chi connectivity index (χ3n) is 0.980. The second-order valence-corrected chi connectivity index (χ2v) is 1.84. The van der Waals surface area contributed by atoms with Crippen LogP contribution in [0.1, 0.15) is 10.5 Å². The second-order valence-electron chi connectivity index (χ2n) is 1.61. The zero-order chi connectivity index (χ0) is 8.69. The maximum atomic E-state index is 10.0. The number of aryl methyl sites for hydroxylation is 1. The molecular formula is C5H7BN3OS. The number of nitrogens with zero attached hydrogens (tertiary/aromatic N) is 3. The Morgan fingerprint density at radius 1 is 1.91 bits per heavy atom. The normalized spacial score (nSPS) is 7.73. The van der Waals surface area contributed by atoms with Crippen LogP contribution in [-0.4, -0.2) is 23.7 Å². The van der Waals surface area contributed by atoms with Gasteiger partial charge in [-0.25, -0.2) is 0 Å². The van der Waals surface area contributed by atoms with E-state index in [1.165, 1.54) is 4.68 Å². The van der Waals surface area contributed by atoms with Crippen molar-refractivity contribution in [1.82, 2.24) is 9.78 Å². The third kappa shape index (κ3) is 3.72. The van der Waals surface area contributed by atoms with Crippen LogP contribution in [0.4, 0.5) is 0 Å². The molecule has 0 atom stereocenters. The van der Waals surface area contributed by atoms with Gasteiger partial charge in [0.25, 0.3) is 0 Å². The zero-order valence-electron chi connectivity index (χ0n) is 6.01. The first-order valence-corrected chi connectivity index (χ1v) is 3.13. The predicted molar refractivity (Wildman–Crippen MR) is 45.8 cm³/mol. The summed E-state index contributed by atoms with van der Waals surface area (Å²) >= 11 is 3.19. The van der Waals surface area contributed by atoms with E-state index >= 15 is 0 Å². The first-order chi connectivity index (χ1) is 5.26. The average molecular weight is 168 g/mol. The zero-order valence-corrected chi connectivity index (χ0v) is 6.90. The van der Waals surface area contributed by atoms with Gasteiger partial charge in [-0.1, -0.05) is 0 Å². The Morgan fingerprint density at radius 3 is 2.64 bits per heavy atom. The molecule has 0 bridgehead atoms. The van der Waals surface area contributed by atoms with Crippen molar-refractivity contribution >= 4 is 26.7 Å². The van der Waals surface area contributed by atoms with E-state index in [9.17, 15) is 4.79 Å². The maximum absolute atomic E-state index is 10.0. The number of carbonyl (C=O) groups excluding carboxylic acids is 1. The van der Waals surface area contributed by atoms with Gasteiger partial charge >= 0.3 is 24.8 Å². The summed E-state index contributed by atoms with van der Waals surface area (Å²) in [5.74, 6) is 0. The Labute approximate surface area is 71.3 Å². The van der Waals surface area contributed by atoms with Gasteiger partial charge < -0.3 is 0 Å². The second kappa shape index (κ2) is 5.85. The van der Waals surface area contributed by atoms with E-state index in [4.69, 9.17) is 0 Å². The molecule has 0 aliphatic rings. The van der Waals surface area contributed by atoms with Crippen molar-refractivity contribution in [2.45, 2.75) is 0 Å². The Hall–Kier alpha value is -0.905. The van der Waals surface area contributed by atoms with Crippen LogP contribution in [0.5, 0.6) is 0 Å². The van der Waals surface area contributed by atoms with Crippen LogP contribution in [0.15, 0.2) is 16.6 Å². The van der Waals surface area contributed by atoms with Crippen molar-refractivity contribution in [3.63, 3.8) is 0 Å². The van der Waals surface area contributed by atoms with Gasteiger partial charge in [0.1, 0.15) is 5.69 Å². The fraction of sp³-hybridized carbons (Fsp3) is 0.200. The minimum atomic E-state index is 0.602. The molecule has 11 heavy (non-hydrogen) atoms. The van der Waals surface area contributed by atoms with Crippen molar-refractivity contribution in [2.24, 2.45) is 11.3 Å². The van der Waals surface area contributed by atoms with Crippen molar-refractivity contribution < 1.29 is 4.79 Å². The molecule has 1 rings (SSSR count). The monoisotopic (exact) mass is 168 g/mol. The van der Waals surface area contributed by atoms with E-state index in [-0.39, 0.29) is 0 Å². The van der Waals surface area contributed by atoms with E-state index in [1.807, 2.05) is 0 Å². The fourth-order valence-electron chi connectivity index (χ4n) is 0.500. The van der Waals surface area contributed by atoms with Gasteiger partial charge in [-0.15, -0.1) is 0 Å². The molecule has 0 unspecified atom stereocenters. The molecule has 0 fully saturated rings. The quantitative estimate of drug-likeness (QED) is 0.375. The van der Waals surface area contributed by atoms with Gasteiger partial charge in [-0.05, 0) is 6.07 Å². The Kier molecular flexibility index (Phi) is 5.37. The molecular weight excluding hydrogens is 161 g/mol. The standard InChI is InChI=1S/C5H6N2O.BHNS/c1-7-5(4-8)2-3-6-7;1-2-3/h2-4H,1H3;3H. The summed E-state index contributed by atoms with van der Waals surface area (Å²) in [5.41, 5.74) is 0.602. The van der Waals surface area contributed by atoms with Crippen LogP contribution in [0, 0.1) is 0 Å². The fourth-order valence-corrected chi connectivity index (χ4v) is 0.500. The van der Waals surface area contributed by atoms with E-state index in [0.29, 0.717) is 5.69 Å². The van der Waals surface area contributed by atoms with Gasteiger partial charge in [0, 0.05) is 13.2 Å². The van der Waals surface area contributed by atoms with Gasteiger partial charge in [-0.2, -0.15) is 5.10 Å². The van der Waals surface area contributed by atoms with Crippen LogP contribution >= 0.6 is 12.8 Å². The number of rotatable bonds is 1. The molecule has 0 saturated heterocycles. The summed E-state index contributed by atoms with van der Waals surface area (Å²) < 4.78 is 4.22. The molecule has 0 aromatic carbocycles. The molecule has 0 saturated carbocycles. The topological polar surface area (TPSA) is 47.2 Å². The van der Waals surface area contributed by atoms with Crippen LogP contribution in [0.25, 0.3) is 0 Å². The first-order valence-electron chi connectivity index (χ1n) is 2.73. The summed E-state index contributed by atoms with van der Waals surface area (Å²) in [6.07, 6.45) is 2.36. The van der Waals surface area contributed by atoms with Crippen molar-refractivity contribution in [1.29, 1.82) is 0 Å². The van der Waals surface area contributed by atoms with Crippen LogP contribution < -0.4 is 0 Å². The molecule has 0 aliphatic heterocycles. The SMILES string of the molecule is Cn1nccc1C=O.[B]=NS. The van der Waals surface area contributed by atoms with Crippen LogP contribution in [0.3, 0.4) is 0 Å². The Balaban J connectivity index is 0.000000292. The summed E-state index contributed by atoms with van der Waals surface area (Å²) in [5, 5.41) is 3.77. The number of hydrogen-bond acceptors (Lipinski definition) is 4. The molecule has 1 radical (unpaired) electrons. The molecule has 57 valence electrons. The predicted octanol–water partition coefficient (Wildman–Crippen LogP) is 0.416. The Morgan fingerprint density at radius 2 is 2.45 bits per heavy atom. The van der Waals surface area contributed by atoms with Gasteiger partial charge in [0.15, 0.2) is 6.29 Å². The summed E-state index contributed by atoms with van der Waals surface area (Å²) in [6.45, 7) is 0. The molecule has 4 nitrogen and oxygen atoms in total. The van der Waals surface area contributed by atoms with Crippen molar-refractivity contribution in [3.8, 4) is 0 Å². The molecule has 1 aromatic rings. The summed E-state index contributed by atoms with van der Waals surface area (Å²) in [4.78, 5) is 10.0. The minimum absolute atomic E-state index is 0.602. The van der Waals surface area contributed by atoms with Crippen molar-refractivity contribution in [3.05, 3.63) is 18.0 Å². The number of aromatic nitrogens is 2. The van der Waals surface area contributed by atoms with E-state index < -0.39 is 0 Å². The number of hydrogen-bond donors (Lipinski definition) is 1. The van der Waals surface area contributed by atoms with Gasteiger partial charge in [0.2, 0.25) is 0 Å². The molecule has 1 aromatic heterocycles. The third-order valence-corrected chi connectivity index (χ3v) is 0.980. The van der Waals surface area contributed by atoms with E-state index in [0.717, 1.165) is 6.29 Å². The van der Waals surface area contributed by atoms with E-state index in [1.54, 1.807) is 19.3 Å². The Bertz CT molecular complexity index is 237. The molecule has 0 spiro atoms. The van der Waals surface area contributed by atoms with E-state index in [2.05, 4.69) is 29.9 Å². The van der Waals surface area contributed by atoms with Crippen LogP contribution in [0.2, 0.25) is 0 Å². The summed E-state index contributed by atoms with van der Waals surface area (Å²) in [7, 11) is 6.06. The van der Waals surface area contributed by atoms with Crippen molar-refractivity contribution in [2.75, 3.05) is 0 Å². The average Bonchev–Trinajstić information content (AvgIpc) is 2.36. The number of thiol groups is 1. The molecule has 6 heteroatoms. The number of carbonyl (C=O) groups is 1. The van der Waals surface area contributed by atoms with Gasteiger partial charge in [-0.3, -0.25) is 9.48 Å². The molecule has 0 aliphatic carbocycles. The van der Waals surface area contributed by atoms with Crippen LogP contribution in [-0.2, 0) is 7.05 Å². The molecule has 1 heterocycles.